The lowest BCUT2D eigenvalue weighted by atomic mass is 10.0. The summed E-state index contributed by atoms with van der Waals surface area (Å²) in [5.74, 6) is 1.39. The third-order valence-corrected chi connectivity index (χ3v) is 7.63. The lowest BCUT2D eigenvalue weighted by molar-refractivity contribution is 0.383. The SMILES string of the molecule is COc1ccc(S(=O)(=O)N2CCN(c3ccc(-c4ccc(C)c(C)c4)nn3)CC2)cc1. The van der Waals surface area contributed by atoms with E-state index >= 15 is 0 Å². The molecule has 2 aromatic carbocycles. The van der Waals surface area contributed by atoms with Gasteiger partial charge in [0.05, 0.1) is 17.7 Å². The van der Waals surface area contributed by atoms with Crippen LogP contribution < -0.4 is 9.64 Å². The fourth-order valence-corrected chi connectivity index (χ4v) is 5.03. The van der Waals surface area contributed by atoms with Crippen LogP contribution in [0.15, 0.2) is 59.5 Å². The monoisotopic (exact) mass is 438 g/mol. The Hall–Kier alpha value is -2.97. The van der Waals surface area contributed by atoms with E-state index in [1.165, 1.54) is 15.4 Å². The van der Waals surface area contributed by atoms with Gasteiger partial charge in [0.15, 0.2) is 5.82 Å². The van der Waals surface area contributed by atoms with E-state index in [-0.39, 0.29) is 4.90 Å². The zero-order valence-electron chi connectivity index (χ0n) is 17.9. The molecule has 1 aliphatic heterocycles. The predicted molar refractivity (Wildman–Crippen MR) is 121 cm³/mol. The molecule has 3 aromatic rings. The summed E-state index contributed by atoms with van der Waals surface area (Å²) in [6.07, 6.45) is 0. The number of nitrogens with zero attached hydrogens (tertiary/aromatic N) is 4. The topological polar surface area (TPSA) is 75.6 Å². The Morgan fingerprint density at radius 2 is 1.55 bits per heavy atom. The van der Waals surface area contributed by atoms with E-state index in [2.05, 4.69) is 47.1 Å². The molecule has 1 fully saturated rings. The van der Waals surface area contributed by atoms with Gasteiger partial charge in [0.2, 0.25) is 10.0 Å². The van der Waals surface area contributed by atoms with Crippen molar-refractivity contribution in [3.63, 3.8) is 0 Å². The number of rotatable bonds is 5. The molecule has 1 aromatic heterocycles. The number of anilines is 1. The minimum absolute atomic E-state index is 0.277. The van der Waals surface area contributed by atoms with E-state index < -0.39 is 10.0 Å². The number of benzene rings is 2. The van der Waals surface area contributed by atoms with E-state index in [9.17, 15) is 8.42 Å². The molecule has 0 amide bonds. The maximum absolute atomic E-state index is 12.9. The molecule has 0 atom stereocenters. The Kier molecular flexibility index (Phi) is 5.93. The van der Waals surface area contributed by atoms with Crippen LogP contribution in [0.4, 0.5) is 5.82 Å². The van der Waals surface area contributed by atoms with Gasteiger partial charge >= 0.3 is 0 Å². The van der Waals surface area contributed by atoms with Gasteiger partial charge in [-0.2, -0.15) is 4.31 Å². The summed E-state index contributed by atoms with van der Waals surface area (Å²) >= 11 is 0. The van der Waals surface area contributed by atoms with E-state index in [1.807, 2.05) is 12.1 Å². The molecule has 0 saturated carbocycles. The molecule has 31 heavy (non-hydrogen) atoms. The number of methoxy groups -OCH3 is 1. The van der Waals surface area contributed by atoms with Crippen molar-refractivity contribution in [2.75, 3.05) is 38.2 Å². The normalized spacial score (nSPS) is 15.1. The van der Waals surface area contributed by atoms with Crippen molar-refractivity contribution < 1.29 is 13.2 Å². The zero-order chi connectivity index (χ0) is 22.0. The van der Waals surface area contributed by atoms with Crippen molar-refractivity contribution in [3.05, 3.63) is 65.7 Å². The van der Waals surface area contributed by atoms with Gasteiger partial charge in [0.1, 0.15) is 5.75 Å². The number of piperazine rings is 1. The highest BCUT2D eigenvalue weighted by Gasteiger charge is 2.29. The Morgan fingerprint density at radius 3 is 2.13 bits per heavy atom. The first-order valence-electron chi connectivity index (χ1n) is 10.2. The molecule has 0 aliphatic carbocycles. The van der Waals surface area contributed by atoms with Gasteiger partial charge in [-0.3, -0.25) is 0 Å². The summed E-state index contributed by atoms with van der Waals surface area (Å²) in [7, 11) is -1.97. The number of ether oxygens (including phenoxy) is 1. The van der Waals surface area contributed by atoms with E-state index in [0.29, 0.717) is 31.9 Å². The molecule has 0 radical (unpaired) electrons. The maximum atomic E-state index is 12.9. The van der Waals surface area contributed by atoms with Crippen LogP contribution >= 0.6 is 0 Å². The second kappa shape index (κ2) is 8.64. The first-order valence-corrected chi connectivity index (χ1v) is 11.6. The average Bonchev–Trinajstić information content (AvgIpc) is 2.81. The summed E-state index contributed by atoms with van der Waals surface area (Å²) in [6.45, 7) is 6.09. The quantitative estimate of drug-likeness (QED) is 0.609. The van der Waals surface area contributed by atoms with Crippen molar-refractivity contribution in [2.24, 2.45) is 0 Å². The molecule has 0 N–H and O–H groups in total. The van der Waals surface area contributed by atoms with Crippen molar-refractivity contribution >= 4 is 15.8 Å². The van der Waals surface area contributed by atoms with Crippen molar-refractivity contribution in [1.29, 1.82) is 0 Å². The molecular weight excluding hydrogens is 412 g/mol. The minimum Gasteiger partial charge on any atom is -0.497 e. The lowest BCUT2D eigenvalue weighted by Gasteiger charge is -2.34. The molecule has 0 bridgehead atoms. The highest BCUT2D eigenvalue weighted by atomic mass is 32.2. The van der Waals surface area contributed by atoms with Crippen LogP contribution in [0.5, 0.6) is 5.75 Å². The summed E-state index contributed by atoms with van der Waals surface area (Å²) in [5.41, 5.74) is 4.33. The standard InChI is InChI=1S/C23H26N4O3S/c1-17-4-5-19(16-18(17)2)22-10-11-23(25-24-22)26-12-14-27(15-13-26)31(28,29)21-8-6-20(30-3)7-9-21/h4-11,16H,12-15H2,1-3H3. The van der Waals surface area contributed by atoms with E-state index in [4.69, 9.17) is 4.74 Å². The van der Waals surface area contributed by atoms with Crippen molar-refractivity contribution in [1.82, 2.24) is 14.5 Å². The number of hydrogen-bond acceptors (Lipinski definition) is 6. The average molecular weight is 439 g/mol. The second-order valence-electron chi connectivity index (χ2n) is 7.64. The second-order valence-corrected chi connectivity index (χ2v) is 9.58. The van der Waals surface area contributed by atoms with Crippen LogP contribution in [0.1, 0.15) is 11.1 Å². The Bertz CT molecular complexity index is 1150. The van der Waals surface area contributed by atoms with Crippen LogP contribution in [0, 0.1) is 13.8 Å². The van der Waals surface area contributed by atoms with Gasteiger partial charge in [-0.15, -0.1) is 10.2 Å². The highest BCUT2D eigenvalue weighted by molar-refractivity contribution is 7.89. The highest BCUT2D eigenvalue weighted by Crippen LogP contribution is 2.24. The summed E-state index contributed by atoms with van der Waals surface area (Å²) in [5, 5.41) is 8.78. The largest absolute Gasteiger partial charge is 0.497 e. The lowest BCUT2D eigenvalue weighted by Crippen LogP contribution is -2.48. The molecular formula is C23H26N4O3S. The van der Waals surface area contributed by atoms with E-state index in [0.717, 1.165) is 17.1 Å². The van der Waals surface area contributed by atoms with Crippen molar-refractivity contribution in [3.8, 4) is 17.0 Å². The van der Waals surface area contributed by atoms with Crippen LogP contribution in [-0.2, 0) is 10.0 Å². The van der Waals surface area contributed by atoms with Crippen LogP contribution in [-0.4, -0.2) is 56.2 Å². The molecule has 4 rings (SSSR count). The number of aryl methyl sites for hydroxylation is 2. The van der Waals surface area contributed by atoms with Gasteiger partial charge in [0, 0.05) is 31.7 Å². The molecule has 2 heterocycles. The fourth-order valence-electron chi connectivity index (χ4n) is 3.60. The smallest absolute Gasteiger partial charge is 0.243 e. The number of aromatic nitrogens is 2. The molecule has 1 saturated heterocycles. The third kappa shape index (κ3) is 4.40. The van der Waals surface area contributed by atoms with Crippen LogP contribution in [0.3, 0.4) is 0 Å². The first-order chi connectivity index (χ1) is 14.9. The molecule has 0 unspecified atom stereocenters. The fraction of sp³-hybridized carbons (Fsp3) is 0.304. The third-order valence-electron chi connectivity index (χ3n) is 5.71. The zero-order valence-corrected chi connectivity index (χ0v) is 18.8. The van der Waals surface area contributed by atoms with Gasteiger partial charge < -0.3 is 9.64 Å². The maximum Gasteiger partial charge on any atom is 0.243 e. The van der Waals surface area contributed by atoms with Crippen molar-refractivity contribution in [2.45, 2.75) is 18.7 Å². The number of sulfonamides is 1. The Morgan fingerprint density at radius 1 is 0.839 bits per heavy atom. The molecule has 0 spiro atoms. The van der Waals surface area contributed by atoms with Gasteiger partial charge in [-0.1, -0.05) is 12.1 Å². The Labute approximate surface area is 183 Å². The van der Waals surface area contributed by atoms with Crippen LogP contribution in [0.25, 0.3) is 11.3 Å². The Balaban J connectivity index is 1.42. The van der Waals surface area contributed by atoms with Gasteiger partial charge in [-0.25, -0.2) is 8.42 Å². The molecule has 162 valence electrons. The van der Waals surface area contributed by atoms with Gasteiger partial charge in [0.25, 0.3) is 0 Å². The number of hydrogen-bond donors (Lipinski definition) is 0. The van der Waals surface area contributed by atoms with Crippen LogP contribution in [0.2, 0.25) is 0 Å². The minimum atomic E-state index is -3.53. The van der Waals surface area contributed by atoms with E-state index in [1.54, 1.807) is 31.4 Å². The predicted octanol–water partition coefficient (Wildman–Crippen LogP) is 3.28. The molecule has 1 aliphatic rings. The summed E-state index contributed by atoms with van der Waals surface area (Å²) in [6, 6.07) is 16.7. The molecule has 7 nitrogen and oxygen atoms in total. The molecule has 8 heteroatoms. The summed E-state index contributed by atoms with van der Waals surface area (Å²) < 4.78 is 32.5. The first kappa shape index (κ1) is 21.3. The van der Waals surface area contributed by atoms with Gasteiger partial charge in [-0.05, 0) is 67.4 Å². The summed E-state index contributed by atoms with van der Waals surface area (Å²) in [4.78, 5) is 2.34.